The lowest BCUT2D eigenvalue weighted by atomic mass is 10.1. The van der Waals surface area contributed by atoms with Gasteiger partial charge in [0.05, 0.1) is 12.8 Å². The lowest BCUT2D eigenvalue weighted by Crippen LogP contribution is -2.29. The number of piperidine rings is 1. The van der Waals surface area contributed by atoms with Gasteiger partial charge in [-0.3, -0.25) is 19.2 Å². The zero-order valence-corrected chi connectivity index (χ0v) is 18.2. The summed E-state index contributed by atoms with van der Waals surface area (Å²) in [6.07, 6.45) is 3.80. The van der Waals surface area contributed by atoms with Gasteiger partial charge in [0.25, 0.3) is 10.0 Å². The Morgan fingerprint density at radius 1 is 0.871 bits per heavy atom. The molecule has 2 aromatic carbocycles. The van der Waals surface area contributed by atoms with Gasteiger partial charge in [0.15, 0.2) is 0 Å². The highest BCUT2D eigenvalue weighted by Crippen LogP contribution is 2.33. The van der Waals surface area contributed by atoms with Crippen molar-refractivity contribution in [2.75, 3.05) is 34.7 Å². The molecule has 0 atom stereocenters. The quantitative estimate of drug-likeness (QED) is 0.689. The van der Waals surface area contributed by atoms with Crippen molar-refractivity contribution in [2.24, 2.45) is 0 Å². The van der Waals surface area contributed by atoms with E-state index in [4.69, 9.17) is 4.74 Å². The van der Waals surface area contributed by atoms with Crippen LogP contribution in [0.1, 0.15) is 32.1 Å². The summed E-state index contributed by atoms with van der Waals surface area (Å²) in [5.74, 6) is -0.570. The number of sulfonamides is 1. The van der Waals surface area contributed by atoms with Crippen LogP contribution in [0.25, 0.3) is 0 Å². The van der Waals surface area contributed by atoms with Gasteiger partial charge in [-0.15, -0.1) is 0 Å². The van der Waals surface area contributed by atoms with Gasteiger partial charge >= 0.3 is 0 Å². The van der Waals surface area contributed by atoms with Crippen molar-refractivity contribution in [1.29, 1.82) is 0 Å². The van der Waals surface area contributed by atoms with Crippen LogP contribution >= 0.6 is 0 Å². The van der Waals surface area contributed by atoms with Crippen molar-refractivity contribution in [3.05, 3.63) is 42.5 Å². The number of hydrogen-bond acceptors (Lipinski definition) is 6. The first-order chi connectivity index (χ1) is 14.9. The number of benzene rings is 2. The zero-order chi connectivity index (χ0) is 22.0. The van der Waals surface area contributed by atoms with Crippen molar-refractivity contribution in [3.63, 3.8) is 0 Å². The SMILES string of the molecule is COc1ccc(N2C(=O)CCC2=O)cc1S(=O)(=O)Nc1ccc(N2CCCCC2)cc1. The third kappa shape index (κ3) is 4.36. The average Bonchev–Trinajstić information content (AvgIpc) is 3.12. The molecule has 2 heterocycles. The van der Waals surface area contributed by atoms with E-state index in [0.29, 0.717) is 5.69 Å². The molecule has 0 unspecified atom stereocenters. The molecule has 4 rings (SSSR count). The molecule has 0 spiro atoms. The molecule has 0 bridgehead atoms. The summed E-state index contributed by atoms with van der Waals surface area (Å²) in [6.45, 7) is 2.01. The molecular formula is C22H25N3O5S. The van der Waals surface area contributed by atoms with Crippen LogP contribution in [0.5, 0.6) is 5.75 Å². The second-order valence-corrected chi connectivity index (χ2v) is 9.31. The summed E-state index contributed by atoms with van der Waals surface area (Å²) < 4.78 is 34.0. The Labute approximate surface area is 181 Å². The highest BCUT2D eigenvalue weighted by atomic mass is 32.2. The maximum Gasteiger partial charge on any atom is 0.265 e. The van der Waals surface area contributed by atoms with Crippen LogP contribution in [0, 0.1) is 0 Å². The monoisotopic (exact) mass is 443 g/mol. The molecule has 0 radical (unpaired) electrons. The molecule has 31 heavy (non-hydrogen) atoms. The van der Waals surface area contributed by atoms with Gasteiger partial charge in [-0.2, -0.15) is 0 Å². The fourth-order valence-corrected chi connectivity index (χ4v) is 5.23. The normalized spacial score (nSPS) is 17.2. The summed E-state index contributed by atoms with van der Waals surface area (Å²) in [5.41, 5.74) is 1.70. The molecule has 9 heteroatoms. The molecule has 8 nitrogen and oxygen atoms in total. The summed E-state index contributed by atoms with van der Waals surface area (Å²) in [6, 6.07) is 11.5. The standard InChI is InChI=1S/C22H25N3O5S/c1-30-19-10-9-18(25-21(26)11-12-22(25)27)15-20(19)31(28,29)23-16-5-7-17(8-6-16)24-13-3-2-4-14-24/h5-10,15,23H,2-4,11-14H2,1H3. The molecule has 2 aliphatic rings. The van der Waals surface area contributed by atoms with E-state index < -0.39 is 10.0 Å². The number of hydrogen-bond donors (Lipinski definition) is 1. The molecule has 2 fully saturated rings. The maximum atomic E-state index is 13.1. The Bertz CT molecular complexity index is 1080. The number of methoxy groups -OCH3 is 1. The Morgan fingerprint density at radius 3 is 2.10 bits per heavy atom. The lowest BCUT2D eigenvalue weighted by molar-refractivity contribution is -0.121. The number of rotatable bonds is 6. The van der Waals surface area contributed by atoms with Crippen molar-refractivity contribution >= 4 is 38.9 Å². The number of amides is 2. The number of carbonyl (C=O) groups is 2. The lowest BCUT2D eigenvalue weighted by Gasteiger charge is -2.28. The van der Waals surface area contributed by atoms with Crippen LogP contribution in [0.4, 0.5) is 17.1 Å². The molecule has 0 aromatic heterocycles. The maximum absolute atomic E-state index is 13.1. The first-order valence-electron chi connectivity index (χ1n) is 10.3. The van der Waals surface area contributed by atoms with E-state index in [-0.39, 0.29) is 41.0 Å². The van der Waals surface area contributed by atoms with E-state index in [1.165, 1.54) is 31.7 Å². The average molecular weight is 444 g/mol. The molecular weight excluding hydrogens is 418 g/mol. The summed E-state index contributed by atoms with van der Waals surface area (Å²) in [4.78, 5) is 27.3. The third-order valence-corrected chi connectivity index (χ3v) is 6.99. The van der Waals surface area contributed by atoms with Crippen LogP contribution in [0.3, 0.4) is 0 Å². The second kappa shape index (κ2) is 8.58. The first kappa shape index (κ1) is 21.2. The van der Waals surface area contributed by atoms with Crippen LogP contribution in [-0.2, 0) is 19.6 Å². The van der Waals surface area contributed by atoms with Crippen molar-refractivity contribution in [1.82, 2.24) is 0 Å². The number of nitrogens with one attached hydrogen (secondary N) is 1. The minimum atomic E-state index is -4.02. The molecule has 2 amide bonds. The van der Waals surface area contributed by atoms with Crippen molar-refractivity contribution in [3.8, 4) is 5.75 Å². The number of anilines is 3. The third-order valence-electron chi connectivity index (χ3n) is 5.59. The van der Waals surface area contributed by atoms with E-state index in [1.54, 1.807) is 12.1 Å². The minimum absolute atomic E-state index is 0.120. The molecule has 0 saturated carbocycles. The van der Waals surface area contributed by atoms with E-state index >= 15 is 0 Å². The van der Waals surface area contributed by atoms with Gasteiger partial charge < -0.3 is 9.64 Å². The molecule has 0 aliphatic carbocycles. The Morgan fingerprint density at radius 2 is 1.48 bits per heavy atom. The number of nitrogens with zero attached hydrogens (tertiary/aromatic N) is 2. The van der Waals surface area contributed by atoms with Crippen LogP contribution in [-0.4, -0.2) is 40.4 Å². The van der Waals surface area contributed by atoms with Gasteiger partial charge in [-0.05, 0) is 61.7 Å². The van der Waals surface area contributed by atoms with Gasteiger partial charge in [0.2, 0.25) is 11.8 Å². The van der Waals surface area contributed by atoms with Gasteiger partial charge in [0.1, 0.15) is 10.6 Å². The van der Waals surface area contributed by atoms with Crippen LogP contribution in [0.2, 0.25) is 0 Å². The Kier molecular flexibility index (Phi) is 5.86. The molecule has 1 N–H and O–H groups in total. The van der Waals surface area contributed by atoms with Crippen molar-refractivity contribution in [2.45, 2.75) is 37.0 Å². The minimum Gasteiger partial charge on any atom is -0.495 e. The molecule has 2 aromatic rings. The smallest absolute Gasteiger partial charge is 0.265 e. The predicted molar refractivity (Wildman–Crippen MR) is 118 cm³/mol. The van der Waals surface area contributed by atoms with E-state index in [1.807, 2.05) is 12.1 Å². The largest absolute Gasteiger partial charge is 0.495 e. The molecule has 2 aliphatic heterocycles. The topological polar surface area (TPSA) is 96.0 Å². The van der Waals surface area contributed by atoms with Gasteiger partial charge in [-0.25, -0.2) is 8.42 Å². The fourth-order valence-electron chi connectivity index (χ4n) is 3.98. The molecule has 2 saturated heterocycles. The predicted octanol–water partition coefficient (Wildman–Crippen LogP) is 3.14. The molecule has 164 valence electrons. The highest BCUT2D eigenvalue weighted by molar-refractivity contribution is 7.92. The first-order valence-corrected chi connectivity index (χ1v) is 11.8. The van der Waals surface area contributed by atoms with Crippen molar-refractivity contribution < 1.29 is 22.7 Å². The second-order valence-electron chi connectivity index (χ2n) is 7.66. The number of ether oxygens (including phenoxy) is 1. The fraction of sp³-hybridized carbons (Fsp3) is 0.364. The summed E-state index contributed by atoms with van der Waals surface area (Å²) in [7, 11) is -2.65. The number of carbonyl (C=O) groups excluding carboxylic acids is 2. The Hall–Kier alpha value is -3.07. The van der Waals surface area contributed by atoms with E-state index in [0.717, 1.165) is 36.5 Å². The summed E-state index contributed by atoms with van der Waals surface area (Å²) in [5, 5.41) is 0. The Balaban J connectivity index is 1.59. The van der Waals surface area contributed by atoms with Crippen LogP contribution in [0.15, 0.2) is 47.4 Å². The highest BCUT2D eigenvalue weighted by Gasteiger charge is 2.32. The number of imide groups is 1. The van der Waals surface area contributed by atoms with Gasteiger partial charge in [-0.1, -0.05) is 0 Å². The summed E-state index contributed by atoms with van der Waals surface area (Å²) >= 11 is 0. The zero-order valence-electron chi connectivity index (χ0n) is 17.3. The van der Waals surface area contributed by atoms with E-state index in [9.17, 15) is 18.0 Å². The van der Waals surface area contributed by atoms with Crippen LogP contribution < -0.4 is 19.3 Å². The van der Waals surface area contributed by atoms with E-state index in [2.05, 4.69) is 9.62 Å². The van der Waals surface area contributed by atoms with Gasteiger partial charge in [0, 0.05) is 37.3 Å².